The third-order valence-corrected chi connectivity index (χ3v) is 3.70. The lowest BCUT2D eigenvalue weighted by Gasteiger charge is -2.13. The molecule has 5 heteroatoms. The fraction of sp³-hybridized carbons (Fsp3) is 0.235. The fourth-order valence-electron chi connectivity index (χ4n) is 2.59. The molecule has 1 aliphatic rings. The van der Waals surface area contributed by atoms with Crippen molar-refractivity contribution in [1.29, 1.82) is 0 Å². The van der Waals surface area contributed by atoms with Crippen LogP contribution in [-0.2, 0) is 6.42 Å². The lowest BCUT2D eigenvalue weighted by atomic mass is 10.1. The van der Waals surface area contributed by atoms with Gasteiger partial charge in [0, 0.05) is 23.6 Å². The molecule has 114 valence electrons. The quantitative estimate of drug-likeness (QED) is 0.946. The van der Waals surface area contributed by atoms with Crippen LogP contribution < -0.4 is 10.1 Å². The van der Waals surface area contributed by atoms with Crippen LogP contribution in [0.5, 0.6) is 5.75 Å². The number of rotatable bonds is 3. The number of carbonyl (C=O) groups excluding carboxylic acids is 1. The summed E-state index contributed by atoms with van der Waals surface area (Å²) in [5.74, 6) is -1.45. The zero-order valence-electron chi connectivity index (χ0n) is 12.0. The Balaban J connectivity index is 1.64. The molecule has 0 saturated carbocycles. The first-order chi connectivity index (χ1) is 10.5. The Hall–Kier alpha value is -2.43. The van der Waals surface area contributed by atoms with Gasteiger partial charge in [0.1, 0.15) is 11.9 Å². The normalized spacial score (nSPS) is 16.0. The highest BCUT2D eigenvalue weighted by molar-refractivity contribution is 5.95. The van der Waals surface area contributed by atoms with Crippen molar-refractivity contribution in [3.8, 4) is 5.75 Å². The molecule has 22 heavy (non-hydrogen) atoms. The molecule has 0 aromatic heterocycles. The number of ether oxygens (including phenoxy) is 1. The van der Waals surface area contributed by atoms with Gasteiger partial charge in [-0.25, -0.2) is 8.78 Å². The fourth-order valence-corrected chi connectivity index (χ4v) is 2.59. The van der Waals surface area contributed by atoms with E-state index in [0.29, 0.717) is 17.5 Å². The largest absolute Gasteiger partial charge is 0.485 e. The van der Waals surface area contributed by atoms with Crippen LogP contribution >= 0.6 is 0 Å². The zero-order valence-corrected chi connectivity index (χ0v) is 12.0. The van der Waals surface area contributed by atoms with Crippen molar-refractivity contribution in [2.45, 2.75) is 19.4 Å². The molecule has 0 bridgehead atoms. The summed E-state index contributed by atoms with van der Waals surface area (Å²) in [4.78, 5) is 12.1. The molecule has 0 fully saturated rings. The van der Waals surface area contributed by atoms with Crippen molar-refractivity contribution in [3.63, 3.8) is 0 Å². The second-order valence-corrected chi connectivity index (χ2v) is 5.34. The average Bonchev–Trinajstić information content (AvgIpc) is 2.88. The lowest BCUT2D eigenvalue weighted by molar-refractivity contribution is 0.0932. The van der Waals surface area contributed by atoms with Crippen LogP contribution in [0.15, 0.2) is 36.4 Å². The van der Waals surface area contributed by atoms with Gasteiger partial charge in [0.15, 0.2) is 11.6 Å². The van der Waals surface area contributed by atoms with E-state index in [9.17, 15) is 13.6 Å². The number of aryl methyl sites for hydroxylation is 1. The van der Waals surface area contributed by atoms with E-state index in [1.807, 2.05) is 19.1 Å². The summed E-state index contributed by atoms with van der Waals surface area (Å²) in [5, 5.41) is 2.77. The van der Waals surface area contributed by atoms with E-state index in [1.54, 1.807) is 12.1 Å². The summed E-state index contributed by atoms with van der Waals surface area (Å²) >= 11 is 0. The molecule has 1 heterocycles. The highest BCUT2D eigenvalue weighted by Crippen LogP contribution is 2.32. The minimum atomic E-state index is -0.706. The van der Waals surface area contributed by atoms with Gasteiger partial charge < -0.3 is 10.1 Å². The van der Waals surface area contributed by atoms with Gasteiger partial charge in [-0.2, -0.15) is 0 Å². The predicted octanol–water partition coefficient (Wildman–Crippen LogP) is 3.01. The Bertz CT molecular complexity index is 731. The van der Waals surface area contributed by atoms with E-state index >= 15 is 0 Å². The summed E-state index contributed by atoms with van der Waals surface area (Å²) in [6.07, 6.45) is -0.0165. The monoisotopic (exact) mass is 303 g/mol. The van der Waals surface area contributed by atoms with Gasteiger partial charge in [0.2, 0.25) is 0 Å². The molecule has 3 rings (SSSR count). The van der Waals surface area contributed by atoms with E-state index in [0.717, 1.165) is 11.6 Å². The van der Waals surface area contributed by atoms with Gasteiger partial charge in [0.05, 0.1) is 6.54 Å². The smallest absolute Gasteiger partial charge is 0.251 e. The molecule has 2 aromatic rings. The van der Waals surface area contributed by atoms with Crippen LogP contribution in [0.25, 0.3) is 0 Å². The Kier molecular flexibility index (Phi) is 3.79. The first-order valence-electron chi connectivity index (χ1n) is 7.03. The molecule has 0 spiro atoms. The van der Waals surface area contributed by atoms with Crippen molar-refractivity contribution >= 4 is 5.91 Å². The maximum absolute atomic E-state index is 13.6. The minimum Gasteiger partial charge on any atom is -0.485 e. The number of amides is 1. The first-order valence-corrected chi connectivity index (χ1v) is 7.03. The molecule has 0 aliphatic carbocycles. The van der Waals surface area contributed by atoms with Crippen LogP contribution in [0.2, 0.25) is 0 Å². The molecule has 1 aliphatic heterocycles. The number of hydrogen-bond donors (Lipinski definition) is 1. The molecular formula is C17H15F2NO2. The van der Waals surface area contributed by atoms with Gasteiger partial charge >= 0.3 is 0 Å². The summed E-state index contributed by atoms with van der Waals surface area (Å²) < 4.78 is 32.2. The number of benzene rings is 2. The third-order valence-electron chi connectivity index (χ3n) is 3.70. The van der Waals surface area contributed by atoms with Crippen LogP contribution in [0.4, 0.5) is 8.78 Å². The number of nitrogens with one attached hydrogen (secondary N) is 1. The molecule has 0 saturated heterocycles. The molecular weight excluding hydrogens is 288 g/mol. The van der Waals surface area contributed by atoms with E-state index in [4.69, 9.17) is 4.74 Å². The molecule has 1 N–H and O–H groups in total. The molecule has 0 unspecified atom stereocenters. The van der Waals surface area contributed by atoms with Crippen molar-refractivity contribution in [3.05, 3.63) is 64.7 Å². The van der Waals surface area contributed by atoms with Gasteiger partial charge in [-0.1, -0.05) is 18.2 Å². The predicted molar refractivity (Wildman–Crippen MR) is 78.0 cm³/mol. The molecule has 3 nitrogen and oxygen atoms in total. The van der Waals surface area contributed by atoms with Gasteiger partial charge in [0.25, 0.3) is 5.91 Å². The van der Waals surface area contributed by atoms with E-state index in [2.05, 4.69) is 5.32 Å². The maximum Gasteiger partial charge on any atom is 0.251 e. The van der Waals surface area contributed by atoms with Crippen molar-refractivity contribution < 1.29 is 18.3 Å². The Labute approximate surface area is 126 Å². The second-order valence-electron chi connectivity index (χ2n) is 5.34. The van der Waals surface area contributed by atoms with Crippen LogP contribution in [0.1, 0.15) is 21.5 Å². The van der Waals surface area contributed by atoms with E-state index in [1.165, 1.54) is 6.07 Å². The van der Waals surface area contributed by atoms with Crippen LogP contribution in [0.3, 0.4) is 0 Å². The maximum atomic E-state index is 13.6. The highest BCUT2D eigenvalue weighted by Gasteiger charge is 2.27. The first kappa shape index (κ1) is 14.5. The standard InChI is InChI=1S/C17H15F2NO2/c1-10-4-2-3-5-14(10)17(21)20-9-13-7-11-6-12(18)8-15(19)16(11)22-13/h2-6,8,13H,7,9H2,1H3,(H,20,21)/t13-/m1/s1. The molecule has 2 aromatic carbocycles. The summed E-state index contributed by atoms with van der Waals surface area (Å²) in [6, 6.07) is 9.32. The van der Waals surface area contributed by atoms with Crippen LogP contribution in [-0.4, -0.2) is 18.6 Å². The Morgan fingerprint density at radius 3 is 2.86 bits per heavy atom. The third kappa shape index (κ3) is 2.79. The van der Waals surface area contributed by atoms with Crippen molar-refractivity contribution in [1.82, 2.24) is 5.32 Å². The number of hydrogen-bond acceptors (Lipinski definition) is 2. The minimum absolute atomic E-state index is 0.0801. The zero-order chi connectivity index (χ0) is 15.7. The number of carbonyl (C=O) groups is 1. The summed E-state index contributed by atoms with van der Waals surface area (Å²) in [6.45, 7) is 2.10. The van der Waals surface area contributed by atoms with Crippen molar-refractivity contribution in [2.75, 3.05) is 6.54 Å². The van der Waals surface area contributed by atoms with Gasteiger partial charge in [-0.05, 0) is 24.6 Å². The summed E-state index contributed by atoms with van der Waals surface area (Å²) in [7, 11) is 0. The topological polar surface area (TPSA) is 38.3 Å². The van der Waals surface area contributed by atoms with Gasteiger partial charge in [-0.15, -0.1) is 0 Å². The highest BCUT2D eigenvalue weighted by atomic mass is 19.1. The van der Waals surface area contributed by atoms with Gasteiger partial charge in [-0.3, -0.25) is 4.79 Å². The molecule has 0 radical (unpaired) electrons. The molecule has 1 atom stereocenters. The number of fused-ring (bicyclic) bond motifs is 1. The van der Waals surface area contributed by atoms with E-state index in [-0.39, 0.29) is 24.3 Å². The second kappa shape index (κ2) is 5.75. The Morgan fingerprint density at radius 1 is 1.32 bits per heavy atom. The SMILES string of the molecule is Cc1ccccc1C(=O)NC[C@H]1Cc2cc(F)cc(F)c2O1. The van der Waals surface area contributed by atoms with E-state index < -0.39 is 11.6 Å². The summed E-state index contributed by atoms with van der Waals surface area (Å²) in [5.41, 5.74) is 1.96. The molecule has 1 amide bonds. The average molecular weight is 303 g/mol. The Morgan fingerprint density at radius 2 is 2.09 bits per heavy atom. The van der Waals surface area contributed by atoms with Crippen LogP contribution in [0, 0.1) is 18.6 Å². The number of halogens is 2. The van der Waals surface area contributed by atoms with Crippen molar-refractivity contribution in [2.24, 2.45) is 0 Å². The lowest BCUT2D eigenvalue weighted by Crippen LogP contribution is -2.34.